The van der Waals surface area contributed by atoms with E-state index in [1.54, 1.807) is 30.1 Å². The lowest BCUT2D eigenvalue weighted by Gasteiger charge is -2.42. The molecule has 7 heteroatoms. The summed E-state index contributed by atoms with van der Waals surface area (Å²) in [7, 11) is 0. The Morgan fingerprint density at radius 2 is 2.00 bits per heavy atom. The lowest BCUT2D eigenvalue weighted by molar-refractivity contribution is -0.178. The predicted molar refractivity (Wildman–Crippen MR) is 139 cm³/mol. The van der Waals surface area contributed by atoms with Gasteiger partial charge in [0, 0.05) is 30.4 Å². The van der Waals surface area contributed by atoms with E-state index in [9.17, 15) is 22.8 Å². The molecule has 1 fully saturated rings. The van der Waals surface area contributed by atoms with Gasteiger partial charge in [0.15, 0.2) is 5.78 Å². The molecule has 202 valence electrons. The quantitative estimate of drug-likeness (QED) is 0.295. The molecule has 0 radical (unpaired) electrons. The maximum atomic E-state index is 13.3. The van der Waals surface area contributed by atoms with Gasteiger partial charge in [-0.05, 0) is 62.0 Å². The van der Waals surface area contributed by atoms with Crippen LogP contribution in [0.3, 0.4) is 0 Å². The van der Waals surface area contributed by atoms with Crippen molar-refractivity contribution in [2.24, 2.45) is 23.2 Å². The van der Waals surface area contributed by atoms with Crippen LogP contribution in [0.2, 0.25) is 0 Å². The number of allylic oxidation sites excluding steroid dienone is 4. The third-order valence-electron chi connectivity index (χ3n) is 8.06. The molecular formula is C29H43F3N2O2. The van der Waals surface area contributed by atoms with Crippen LogP contribution in [0, 0.1) is 23.2 Å². The fourth-order valence-corrected chi connectivity index (χ4v) is 5.12. The van der Waals surface area contributed by atoms with Gasteiger partial charge in [0.2, 0.25) is 0 Å². The van der Waals surface area contributed by atoms with Gasteiger partial charge in [-0.25, -0.2) is 0 Å². The fourth-order valence-electron chi connectivity index (χ4n) is 5.12. The number of nitrogens with one attached hydrogen (secondary N) is 1. The molecule has 0 saturated heterocycles. The standard InChI is InChI=1S/C29H43F3N2O2/c1-7-8-13-24(29(30,31)32)15-16-26(35)20(2)19-34-21(3)11-9-14-25(34)27(36)33-18-23-12-10-17-28(5,6)22(23)4/h9,11,14,19,22-24H,3,7-8,10,12-13,15-18H2,1-2,4-6H3,(H,33,36)/b20-19+. The van der Waals surface area contributed by atoms with Gasteiger partial charge in [-0.1, -0.05) is 59.6 Å². The van der Waals surface area contributed by atoms with E-state index in [0.29, 0.717) is 48.2 Å². The van der Waals surface area contributed by atoms with E-state index in [4.69, 9.17) is 0 Å². The molecule has 4 nitrogen and oxygen atoms in total. The number of Topliss-reactive ketones (excluding diaryl/α,β-unsaturated/α-hetero) is 1. The fraction of sp³-hybridized carbons (Fsp3) is 0.655. The van der Waals surface area contributed by atoms with Crippen molar-refractivity contribution >= 4 is 11.7 Å². The van der Waals surface area contributed by atoms with Crippen molar-refractivity contribution in [3.63, 3.8) is 0 Å². The molecule has 1 aliphatic heterocycles. The van der Waals surface area contributed by atoms with Crippen molar-refractivity contribution in [1.82, 2.24) is 10.2 Å². The Morgan fingerprint density at radius 1 is 1.31 bits per heavy atom. The van der Waals surface area contributed by atoms with E-state index >= 15 is 0 Å². The summed E-state index contributed by atoms with van der Waals surface area (Å²) >= 11 is 0. The minimum absolute atomic E-state index is 0.0353. The Bertz CT molecular complexity index is 899. The Balaban J connectivity index is 2.05. The molecule has 1 heterocycles. The maximum Gasteiger partial charge on any atom is 0.391 e. The van der Waals surface area contributed by atoms with E-state index in [1.807, 2.05) is 6.92 Å². The number of nitrogens with zero attached hydrogens (tertiary/aromatic N) is 1. The zero-order valence-corrected chi connectivity index (χ0v) is 22.5. The number of hydrogen-bond donors (Lipinski definition) is 1. The van der Waals surface area contributed by atoms with E-state index in [2.05, 4.69) is 32.7 Å². The smallest absolute Gasteiger partial charge is 0.350 e. The highest BCUT2D eigenvalue weighted by molar-refractivity contribution is 5.96. The van der Waals surface area contributed by atoms with Crippen LogP contribution in [-0.2, 0) is 9.59 Å². The minimum Gasteiger partial charge on any atom is -0.350 e. The zero-order chi connectivity index (χ0) is 27.1. The summed E-state index contributed by atoms with van der Waals surface area (Å²) < 4.78 is 40.0. The van der Waals surface area contributed by atoms with Gasteiger partial charge in [0.25, 0.3) is 5.91 Å². The van der Waals surface area contributed by atoms with Crippen LogP contribution in [-0.4, -0.2) is 29.3 Å². The summed E-state index contributed by atoms with van der Waals surface area (Å²) in [4.78, 5) is 27.4. The second-order valence-corrected chi connectivity index (χ2v) is 11.1. The normalized spacial score (nSPS) is 23.3. The summed E-state index contributed by atoms with van der Waals surface area (Å²) in [6, 6.07) is 0. The molecule has 1 saturated carbocycles. The first kappa shape index (κ1) is 29.9. The minimum atomic E-state index is -4.31. The molecule has 2 aliphatic rings. The number of amides is 1. The highest BCUT2D eigenvalue weighted by atomic mass is 19.4. The largest absolute Gasteiger partial charge is 0.391 e. The monoisotopic (exact) mass is 508 g/mol. The van der Waals surface area contributed by atoms with E-state index in [0.717, 1.165) is 12.8 Å². The topological polar surface area (TPSA) is 49.4 Å². The van der Waals surface area contributed by atoms with Crippen LogP contribution < -0.4 is 5.32 Å². The summed E-state index contributed by atoms with van der Waals surface area (Å²) in [6.45, 7) is 14.8. The molecule has 1 N–H and O–H groups in total. The lowest BCUT2D eigenvalue weighted by Crippen LogP contribution is -2.41. The van der Waals surface area contributed by atoms with Crippen molar-refractivity contribution in [1.29, 1.82) is 0 Å². The molecule has 0 aromatic carbocycles. The molecule has 0 bridgehead atoms. The third kappa shape index (κ3) is 8.10. The average molecular weight is 509 g/mol. The van der Waals surface area contributed by atoms with E-state index in [1.165, 1.54) is 12.6 Å². The van der Waals surface area contributed by atoms with Crippen molar-refractivity contribution in [2.45, 2.75) is 92.2 Å². The second kappa shape index (κ2) is 12.8. The highest BCUT2D eigenvalue weighted by Gasteiger charge is 2.39. The van der Waals surface area contributed by atoms with Gasteiger partial charge in [-0.2, -0.15) is 13.2 Å². The Morgan fingerprint density at radius 3 is 2.64 bits per heavy atom. The zero-order valence-electron chi connectivity index (χ0n) is 22.5. The molecule has 0 aromatic heterocycles. The first-order valence-corrected chi connectivity index (χ1v) is 13.2. The number of halogens is 3. The van der Waals surface area contributed by atoms with Crippen molar-refractivity contribution in [3.05, 3.63) is 48.0 Å². The van der Waals surface area contributed by atoms with Gasteiger partial charge < -0.3 is 10.2 Å². The number of carbonyl (C=O) groups is 2. The van der Waals surface area contributed by atoms with Gasteiger partial charge in [-0.3, -0.25) is 9.59 Å². The molecule has 36 heavy (non-hydrogen) atoms. The van der Waals surface area contributed by atoms with Crippen molar-refractivity contribution in [3.8, 4) is 0 Å². The lowest BCUT2D eigenvalue weighted by atomic mass is 9.64. The van der Waals surface area contributed by atoms with Gasteiger partial charge in [0.1, 0.15) is 5.70 Å². The number of hydrogen-bond acceptors (Lipinski definition) is 3. The molecule has 3 atom stereocenters. The summed E-state index contributed by atoms with van der Waals surface area (Å²) in [5, 5.41) is 3.06. The molecule has 1 amide bonds. The Hall–Kier alpha value is -2.31. The van der Waals surface area contributed by atoms with E-state index in [-0.39, 0.29) is 36.4 Å². The number of carbonyl (C=O) groups excluding carboxylic acids is 2. The first-order valence-electron chi connectivity index (χ1n) is 13.2. The second-order valence-electron chi connectivity index (χ2n) is 11.1. The van der Waals surface area contributed by atoms with Gasteiger partial charge in [0.05, 0.1) is 5.92 Å². The number of ketones is 1. The van der Waals surface area contributed by atoms with Crippen LogP contribution in [0.15, 0.2) is 48.0 Å². The molecule has 3 unspecified atom stereocenters. The van der Waals surface area contributed by atoms with Crippen LogP contribution >= 0.6 is 0 Å². The number of unbranched alkanes of at least 4 members (excludes halogenated alkanes) is 1. The Labute approximate surface area is 214 Å². The van der Waals surface area contributed by atoms with Crippen LogP contribution in [0.4, 0.5) is 13.2 Å². The summed E-state index contributed by atoms with van der Waals surface area (Å²) in [5.74, 6) is -1.22. The van der Waals surface area contributed by atoms with Crippen molar-refractivity contribution < 1.29 is 22.8 Å². The van der Waals surface area contributed by atoms with Crippen LogP contribution in [0.5, 0.6) is 0 Å². The SMILES string of the molecule is C=C1C=CC=C(C(=O)NCC2CCCC(C)(C)C2C)N1/C=C(\C)C(=O)CCC(CCCC)C(F)(F)F. The van der Waals surface area contributed by atoms with Crippen LogP contribution in [0.1, 0.15) is 86.0 Å². The summed E-state index contributed by atoms with van der Waals surface area (Å²) in [6.07, 6.45) is 6.50. The van der Waals surface area contributed by atoms with Gasteiger partial charge in [-0.15, -0.1) is 0 Å². The summed E-state index contributed by atoms with van der Waals surface area (Å²) in [5.41, 5.74) is 1.39. The van der Waals surface area contributed by atoms with Crippen LogP contribution in [0.25, 0.3) is 0 Å². The number of alkyl halides is 3. The molecular weight excluding hydrogens is 465 g/mol. The molecule has 0 spiro atoms. The Kier molecular flexibility index (Phi) is 10.6. The predicted octanol–water partition coefficient (Wildman–Crippen LogP) is 7.46. The molecule has 2 rings (SSSR count). The third-order valence-corrected chi connectivity index (χ3v) is 8.06. The van der Waals surface area contributed by atoms with E-state index < -0.39 is 12.1 Å². The highest BCUT2D eigenvalue weighted by Crippen LogP contribution is 2.43. The molecule has 0 aromatic rings. The maximum absolute atomic E-state index is 13.3. The van der Waals surface area contributed by atoms with Crippen molar-refractivity contribution in [2.75, 3.05) is 6.54 Å². The number of rotatable bonds is 11. The first-order chi connectivity index (χ1) is 16.8. The average Bonchev–Trinajstić information content (AvgIpc) is 2.80. The van der Waals surface area contributed by atoms with Gasteiger partial charge >= 0.3 is 6.18 Å². The molecule has 1 aliphatic carbocycles.